The van der Waals surface area contributed by atoms with Gasteiger partial charge in [-0.1, -0.05) is 30.3 Å². The van der Waals surface area contributed by atoms with E-state index in [0.717, 1.165) is 13.2 Å². The molecular formula is C11H10F2O2. The van der Waals surface area contributed by atoms with E-state index >= 15 is 0 Å². The lowest BCUT2D eigenvalue weighted by Crippen LogP contribution is -2.02. The number of halogens is 2. The molecule has 1 aromatic rings. The fraction of sp³-hybridized carbons (Fsp3) is 0.182. The summed E-state index contributed by atoms with van der Waals surface area (Å²) in [6.07, 6.45) is -1.90. The lowest BCUT2D eigenvalue weighted by atomic mass is 10.1. The van der Waals surface area contributed by atoms with Gasteiger partial charge in [0.05, 0.1) is 7.11 Å². The second-order valence-electron chi connectivity index (χ2n) is 2.79. The number of allylic oxidation sites excluding steroid dienone is 1. The second kappa shape index (κ2) is 5.24. The Kier molecular flexibility index (Phi) is 3.97. The number of hydrogen-bond donors (Lipinski definition) is 0. The van der Waals surface area contributed by atoms with Crippen molar-refractivity contribution in [1.82, 2.24) is 0 Å². The molecule has 1 rings (SSSR count). The van der Waals surface area contributed by atoms with Crippen LogP contribution in [0.25, 0.3) is 5.57 Å². The molecule has 0 unspecified atom stereocenters. The molecule has 2 nitrogen and oxygen atoms in total. The molecule has 0 heterocycles. The molecule has 4 heteroatoms. The molecule has 0 saturated heterocycles. The van der Waals surface area contributed by atoms with Crippen molar-refractivity contribution < 1.29 is 18.3 Å². The summed E-state index contributed by atoms with van der Waals surface area (Å²) in [5.74, 6) is -0.783. The van der Waals surface area contributed by atoms with Crippen LogP contribution in [0.4, 0.5) is 8.78 Å². The molecule has 1 aromatic carbocycles. The standard InChI is InChI=1S/C11H10F2O2/c1-15-10(14)7-9(11(12)13)8-5-3-2-4-6-8/h2-7,11H,1H3/b9-7-. The first-order chi connectivity index (χ1) is 7.15. The molecule has 0 aliphatic carbocycles. The van der Waals surface area contributed by atoms with E-state index in [-0.39, 0.29) is 5.57 Å². The quantitative estimate of drug-likeness (QED) is 0.568. The zero-order valence-electron chi connectivity index (χ0n) is 8.11. The molecule has 0 bridgehead atoms. The number of methoxy groups -OCH3 is 1. The van der Waals surface area contributed by atoms with Gasteiger partial charge in [-0.25, -0.2) is 13.6 Å². The summed E-state index contributed by atoms with van der Waals surface area (Å²) < 4.78 is 29.5. The van der Waals surface area contributed by atoms with Gasteiger partial charge in [0.2, 0.25) is 0 Å². The lowest BCUT2D eigenvalue weighted by molar-refractivity contribution is -0.134. The van der Waals surface area contributed by atoms with Crippen LogP contribution in [-0.4, -0.2) is 19.5 Å². The average Bonchev–Trinajstić information content (AvgIpc) is 2.26. The Hall–Kier alpha value is -1.71. The predicted octanol–water partition coefficient (Wildman–Crippen LogP) is 2.51. The van der Waals surface area contributed by atoms with Crippen LogP contribution in [-0.2, 0) is 9.53 Å². The second-order valence-corrected chi connectivity index (χ2v) is 2.79. The van der Waals surface area contributed by atoms with Crippen molar-refractivity contribution in [2.24, 2.45) is 0 Å². The van der Waals surface area contributed by atoms with Gasteiger partial charge in [0.1, 0.15) is 0 Å². The maximum Gasteiger partial charge on any atom is 0.330 e. The van der Waals surface area contributed by atoms with Gasteiger partial charge in [-0.3, -0.25) is 0 Å². The molecule has 0 saturated carbocycles. The minimum absolute atomic E-state index is 0.318. The van der Waals surface area contributed by atoms with Crippen molar-refractivity contribution in [3.63, 3.8) is 0 Å². The fourth-order valence-corrected chi connectivity index (χ4v) is 1.09. The highest BCUT2D eigenvalue weighted by molar-refractivity contribution is 5.91. The van der Waals surface area contributed by atoms with Crippen LogP contribution in [0.5, 0.6) is 0 Å². The van der Waals surface area contributed by atoms with Gasteiger partial charge in [-0.2, -0.15) is 0 Å². The number of carbonyl (C=O) groups is 1. The van der Waals surface area contributed by atoms with Crippen LogP contribution < -0.4 is 0 Å². The number of ether oxygens (including phenoxy) is 1. The van der Waals surface area contributed by atoms with Crippen LogP contribution in [0.2, 0.25) is 0 Å². The van der Waals surface area contributed by atoms with Crippen LogP contribution in [0.3, 0.4) is 0 Å². The molecule has 0 radical (unpaired) electrons. The first-order valence-corrected chi connectivity index (χ1v) is 4.28. The predicted molar refractivity (Wildman–Crippen MR) is 52.4 cm³/mol. The molecule has 0 N–H and O–H groups in total. The van der Waals surface area contributed by atoms with Gasteiger partial charge in [-0.05, 0) is 5.56 Å². The smallest absolute Gasteiger partial charge is 0.330 e. The molecule has 15 heavy (non-hydrogen) atoms. The first-order valence-electron chi connectivity index (χ1n) is 4.28. The zero-order valence-corrected chi connectivity index (χ0v) is 8.11. The van der Waals surface area contributed by atoms with Gasteiger partial charge in [-0.15, -0.1) is 0 Å². The van der Waals surface area contributed by atoms with Crippen molar-refractivity contribution in [1.29, 1.82) is 0 Å². The van der Waals surface area contributed by atoms with E-state index in [9.17, 15) is 13.6 Å². The molecule has 0 aliphatic rings. The van der Waals surface area contributed by atoms with E-state index in [0.29, 0.717) is 5.56 Å². The van der Waals surface area contributed by atoms with Crippen LogP contribution in [0.1, 0.15) is 5.56 Å². The van der Waals surface area contributed by atoms with Gasteiger partial charge in [0.15, 0.2) is 0 Å². The van der Waals surface area contributed by atoms with E-state index in [1.54, 1.807) is 18.2 Å². The molecule has 0 spiro atoms. The summed E-state index contributed by atoms with van der Waals surface area (Å²) in [4.78, 5) is 10.9. The largest absolute Gasteiger partial charge is 0.466 e. The SMILES string of the molecule is COC(=O)/C=C(/c1ccccc1)C(F)F. The van der Waals surface area contributed by atoms with Crippen LogP contribution in [0, 0.1) is 0 Å². The van der Waals surface area contributed by atoms with Crippen molar-refractivity contribution in [2.45, 2.75) is 6.43 Å². The van der Waals surface area contributed by atoms with E-state index in [2.05, 4.69) is 4.74 Å². The molecule has 0 amide bonds. The van der Waals surface area contributed by atoms with Gasteiger partial charge in [0, 0.05) is 11.6 Å². The molecule has 80 valence electrons. The highest BCUT2D eigenvalue weighted by atomic mass is 19.3. The third-order valence-corrected chi connectivity index (χ3v) is 1.82. The summed E-state index contributed by atoms with van der Waals surface area (Å²) in [6.45, 7) is 0. The number of hydrogen-bond acceptors (Lipinski definition) is 2. The Bertz CT molecular complexity index is 358. The summed E-state index contributed by atoms with van der Waals surface area (Å²) >= 11 is 0. The normalized spacial score (nSPS) is 11.6. The topological polar surface area (TPSA) is 26.3 Å². The fourth-order valence-electron chi connectivity index (χ4n) is 1.09. The van der Waals surface area contributed by atoms with Crippen LogP contribution >= 0.6 is 0 Å². The number of rotatable bonds is 3. The summed E-state index contributed by atoms with van der Waals surface area (Å²) in [6, 6.07) is 8.00. The van der Waals surface area contributed by atoms with E-state index < -0.39 is 12.4 Å². The number of carbonyl (C=O) groups excluding carboxylic acids is 1. The summed E-state index contributed by atoms with van der Waals surface area (Å²) in [5.41, 5.74) is -0.0136. The van der Waals surface area contributed by atoms with Crippen molar-refractivity contribution in [3.05, 3.63) is 42.0 Å². The Balaban J connectivity index is 3.04. The third kappa shape index (κ3) is 3.16. The minimum atomic E-state index is -2.70. The maximum absolute atomic E-state index is 12.6. The number of esters is 1. The van der Waals surface area contributed by atoms with Crippen molar-refractivity contribution in [2.75, 3.05) is 7.11 Å². The Morgan fingerprint density at radius 3 is 2.40 bits per heavy atom. The molecule has 0 fully saturated rings. The third-order valence-electron chi connectivity index (χ3n) is 1.82. The van der Waals surface area contributed by atoms with Crippen LogP contribution in [0.15, 0.2) is 36.4 Å². The first kappa shape index (κ1) is 11.4. The number of benzene rings is 1. The van der Waals surface area contributed by atoms with Crippen molar-refractivity contribution in [3.8, 4) is 0 Å². The number of alkyl halides is 2. The summed E-state index contributed by atoms with van der Waals surface area (Å²) in [5, 5.41) is 0. The average molecular weight is 212 g/mol. The van der Waals surface area contributed by atoms with E-state index in [1.807, 2.05) is 0 Å². The Labute approximate surface area is 86.2 Å². The minimum Gasteiger partial charge on any atom is -0.466 e. The molecule has 0 aromatic heterocycles. The van der Waals surface area contributed by atoms with Gasteiger partial charge >= 0.3 is 5.97 Å². The maximum atomic E-state index is 12.6. The molecule has 0 aliphatic heterocycles. The van der Waals surface area contributed by atoms with Gasteiger partial charge in [0.25, 0.3) is 6.43 Å². The Morgan fingerprint density at radius 1 is 1.33 bits per heavy atom. The van der Waals surface area contributed by atoms with Crippen molar-refractivity contribution >= 4 is 11.5 Å². The highest BCUT2D eigenvalue weighted by Crippen LogP contribution is 2.21. The Morgan fingerprint density at radius 2 is 1.93 bits per heavy atom. The summed E-state index contributed by atoms with van der Waals surface area (Å²) in [7, 11) is 1.15. The molecular weight excluding hydrogens is 202 g/mol. The van der Waals surface area contributed by atoms with E-state index in [4.69, 9.17) is 0 Å². The van der Waals surface area contributed by atoms with Gasteiger partial charge < -0.3 is 4.74 Å². The lowest BCUT2D eigenvalue weighted by Gasteiger charge is -2.05. The zero-order chi connectivity index (χ0) is 11.3. The monoisotopic (exact) mass is 212 g/mol. The van der Waals surface area contributed by atoms with E-state index in [1.165, 1.54) is 12.1 Å². The molecule has 0 atom stereocenters. The highest BCUT2D eigenvalue weighted by Gasteiger charge is 2.14.